The molecule has 0 bridgehead atoms. The van der Waals surface area contributed by atoms with Gasteiger partial charge in [0, 0.05) is 14.1 Å². The van der Waals surface area contributed by atoms with Crippen LogP contribution in [0.15, 0.2) is 21.6 Å². The molecule has 106 valence electrons. The minimum Gasteiger partial charge on any atom is -0.457 e. The first-order chi connectivity index (χ1) is 8.82. The van der Waals surface area contributed by atoms with E-state index in [2.05, 4.69) is 0 Å². The van der Waals surface area contributed by atoms with Gasteiger partial charge in [0.2, 0.25) is 5.09 Å². The number of nitrogens with zero attached hydrogens (tertiary/aromatic N) is 1. The maximum atomic E-state index is 11.8. The number of sulfonamides is 1. The van der Waals surface area contributed by atoms with E-state index in [1.165, 1.54) is 26.2 Å². The van der Waals surface area contributed by atoms with E-state index >= 15 is 0 Å². The summed E-state index contributed by atoms with van der Waals surface area (Å²) in [6.07, 6.45) is 0.858. The van der Waals surface area contributed by atoms with Gasteiger partial charge >= 0.3 is 5.97 Å². The molecule has 1 saturated carbocycles. The number of hydrogen-bond donors (Lipinski definition) is 0. The zero-order chi connectivity index (χ0) is 14.2. The number of rotatable bonds is 5. The summed E-state index contributed by atoms with van der Waals surface area (Å²) in [5.74, 6) is 0.441. The molecule has 0 N–H and O–H groups in total. The van der Waals surface area contributed by atoms with Crippen molar-refractivity contribution >= 4 is 16.0 Å². The predicted molar refractivity (Wildman–Crippen MR) is 66.6 cm³/mol. The van der Waals surface area contributed by atoms with Crippen molar-refractivity contribution in [3.63, 3.8) is 0 Å². The molecule has 7 heteroatoms. The van der Waals surface area contributed by atoms with Gasteiger partial charge in [-0.05, 0) is 24.5 Å². The summed E-state index contributed by atoms with van der Waals surface area (Å²) in [6.45, 7) is 1.95. The molecular weight excluding hydrogens is 270 g/mol. The van der Waals surface area contributed by atoms with Crippen LogP contribution < -0.4 is 0 Å². The molecule has 1 aliphatic rings. The van der Waals surface area contributed by atoms with Crippen molar-refractivity contribution in [1.29, 1.82) is 0 Å². The van der Waals surface area contributed by atoms with Crippen LogP contribution in [0.2, 0.25) is 0 Å². The zero-order valence-electron chi connectivity index (χ0n) is 11.1. The molecule has 1 aromatic rings. The van der Waals surface area contributed by atoms with Gasteiger partial charge in [0.25, 0.3) is 10.0 Å². The summed E-state index contributed by atoms with van der Waals surface area (Å²) >= 11 is 0. The fourth-order valence-electron chi connectivity index (χ4n) is 1.65. The second-order valence-electron chi connectivity index (χ2n) is 4.94. The first-order valence-corrected chi connectivity index (χ1v) is 7.44. The molecule has 6 nitrogen and oxygen atoms in total. The van der Waals surface area contributed by atoms with Crippen molar-refractivity contribution in [3.8, 4) is 0 Å². The largest absolute Gasteiger partial charge is 0.457 e. The highest BCUT2D eigenvalue weighted by Gasteiger charge is 2.40. The number of esters is 1. The molecule has 1 heterocycles. The Balaban J connectivity index is 1.96. The van der Waals surface area contributed by atoms with E-state index in [1.54, 1.807) is 0 Å². The van der Waals surface area contributed by atoms with Gasteiger partial charge in [-0.2, -0.15) is 0 Å². The summed E-state index contributed by atoms with van der Waals surface area (Å²) in [5.41, 5.74) is 0. The van der Waals surface area contributed by atoms with Crippen LogP contribution in [0.3, 0.4) is 0 Å². The zero-order valence-corrected chi connectivity index (χ0v) is 11.9. The highest BCUT2D eigenvalue weighted by atomic mass is 32.2. The third kappa shape index (κ3) is 2.98. The van der Waals surface area contributed by atoms with Crippen molar-refractivity contribution in [2.24, 2.45) is 11.8 Å². The van der Waals surface area contributed by atoms with Crippen LogP contribution in [0.25, 0.3) is 0 Å². The SMILES string of the molecule is CC1CC1C(=O)OCc1ccc(S(=O)(=O)N(C)C)o1. The Kier molecular flexibility index (Phi) is 3.69. The quantitative estimate of drug-likeness (QED) is 0.761. The van der Waals surface area contributed by atoms with Gasteiger partial charge in [-0.25, -0.2) is 12.7 Å². The number of carbonyl (C=O) groups is 1. The third-order valence-electron chi connectivity index (χ3n) is 3.14. The monoisotopic (exact) mass is 287 g/mol. The molecule has 0 saturated heterocycles. The van der Waals surface area contributed by atoms with Gasteiger partial charge in [-0.3, -0.25) is 4.79 Å². The second-order valence-corrected chi connectivity index (χ2v) is 7.02. The number of furan rings is 1. The molecule has 1 aliphatic carbocycles. The summed E-state index contributed by atoms with van der Waals surface area (Å²) in [4.78, 5) is 11.5. The van der Waals surface area contributed by atoms with E-state index in [0.717, 1.165) is 10.7 Å². The summed E-state index contributed by atoms with van der Waals surface area (Å²) < 4.78 is 34.8. The summed E-state index contributed by atoms with van der Waals surface area (Å²) in [5, 5.41) is -0.150. The minimum atomic E-state index is -3.58. The molecule has 1 aromatic heterocycles. The van der Waals surface area contributed by atoms with Crippen LogP contribution >= 0.6 is 0 Å². The smallest absolute Gasteiger partial charge is 0.309 e. The third-order valence-corrected chi connectivity index (χ3v) is 4.83. The highest BCUT2D eigenvalue weighted by Crippen LogP contribution is 2.38. The van der Waals surface area contributed by atoms with Gasteiger partial charge in [0.05, 0.1) is 5.92 Å². The van der Waals surface area contributed by atoms with E-state index in [-0.39, 0.29) is 23.6 Å². The lowest BCUT2D eigenvalue weighted by atomic mass is 10.3. The molecular formula is C12H17NO5S. The number of carbonyl (C=O) groups excluding carboxylic acids is 1. The highest BCUT2D eigenvalue weighted by molar-refractivity contribution is 7.88. The Morgan fingerprint density at radius 2 is 2.11 bits per heavy atom. The van der Waals surface area contributed by atoms with Gasteiger partial charge < -0.3 is 9.15 Å². The summed E-state index contributed by atoms with van der Waals surface area (Å²) in [6, 6.07) is 2.86. The lowest BCUT2D eigenvalue weighted by molar-refractivity contribution is -0.147. The first-order valence-electron chi connectivity index (χ1n) is 6.00. The fraction of sp³-hybridized carbons (Fsp3) is 0.583. The Bertz CT molecular complexity index is 575. The van der Waals surface area contributed by atoms with Crippen LogP contribution in [0.5, 0.6) is 0 Å². The molecule has 2 atom stereocenters. The minimum absolute atomic E-state index is 0.0139. The number of ether oxygens (including phenoxy) is 1. The van der Waals surface area contributed by atoms with Gasteiger partial charge in [0.1, 0.15) is 12.4 Å². The maximum absolute atomic E-state index is 11.8. The van der Waals surface area contributed by atoms with Crippen molar-refractivity contribution in [1.82, 2.24) is 4.31 Å². The van der Waals surface area contributed by atoms with Crippen molar-refractivity contribution in [3.05, 3.63) is 17.9 Å². The molecule has 1 fully saturated rings. The maximum Gasteiger partial charge on any atom is 0.309 e. The Hall–Kier alpha value is -1.34. The van der Waals surface area contributed by atoms with Gasteiger partial charge in [0.15, 0.2) is 0 Å². The molecule has 19 heavy (non-hydrogen) atoms. The van der Waals surface area contributed by atoms with Crippen LogP contribution in [-0.2, 0) is 26.2 Å². The van der Waals surface area contributed by atoms with Crippen LogP contribution in [-0.4, -0.2) is 32.8 Å². The molecule has 0 amide bonds. The van der Waals surface area contributed by atoms with Crippen molar-refractivity contribution in [2.45, 2.75) is 25.0 Å². The molecule has 2 unspecified atom stereocenters. The molecule has 0 aromatic carbocycles. The topological polar surface area (TPSA) is 76.8 Å². The Morgan fingerprint density at radius 1 is 1.47 bits per heavy atom. The lowest BCUT2D eigenvalue weighted by Crippen LogP contribution is -2.21. The van der Waals surface area contributed by atoms with E-state index in [0.29, 0.717) is 11.7 Å². The number of hydrogen-bond acceptors (Lipinski definition) is 5. The van der Waals surface area contributed by atoms with Gasteiger partial charge in [-0.15, -0.1) is 0 Å². The van der Waals surface area contributed by atoms with Crippen LogP contribution in [0, 0.1) is 11.8 Å². The molecule has 0 spiro atoms. The standard InChI is InChI=1S/C12H17NO5S/c1-8-6-10(8)12(14)17-7-9-4-5-11(18-9)19(15,16)13(2)3/h4-5,8,10H,6-7H2,1-3H3. The Morgan fingerprint density at radius 3 is 2.63 bits per heavy atom. The normalized spacial score (nSPS) is 22.5. The Labute approximate surface area is 112 Å². The average molecular weight is 287 g/mol. The molecule has 0 radical (unpaired) electrons. The molecule has 2 rings (SSSR count). The van der Waals surface area contributed by atoms with E-state index < -0.39 is 10.0 Å². The average Bonchev–Trinajstić information content (AvgIpc) is 2.89. The first kappa shape index (κ1) is 14.1. The van der Waals surface area contributed by atoms with Crippen LogP contribution in [0.1, 0.15) is 19.1 Å². The second kappa shape index (κ2) is 4.97. The molecule has 0 aliphatic heterocycles. The van der Waals surface area contributed by atoms with E-state index in [1.807, 2.05) is 6.92 Å². The van der Waals surface area contributed by atoms with Crippen molar-refractivity contribution in [2.75, 3.05) is 14.1 Å². The lowest BCUT2D eigenvalue weighted by Gasteiger charge is -2.07. The summed E-state index contributed by atoms with van der Waals surface area (Å²) in [7, 11) is -0.736. The van der Waals surface area contributed by atoms with E-state index in [9.17, 15) is 13.2 Å². The fourth-order valence-corrected chi connectivity index (χ4v) is 2.47. The predicted octanol–water partition coefficient (Wildman–Crippen LogP) is 1.23. The van der Waals surface area contributed by atoms with Crippen molar-refractivity contribution < 1.29 is 22.4 Å². The van der Waals surface area contributed by atoms with Crippen LogP contribution in [0.4, 0.5) is 0 Å². The van der Waals surface area contributed by atoms with Gasteiger partial charge in [-0.1, -0.05) is 6.92 Å². The van der Waals surface area contributed by atoms with E-state index in [4.69, 9.17) is 9.15 Å².